The van der Waals surface area contributed by atoms with Crippen molar-refractivity contribution in [1.82, 2.24) is 19.7 Å². The molecule has 7 heteroatoms. The topological polar surface area (TPSA) is 65.2 Å². The van der Waals surface area contributed by atoms with Crippen molar-refractivity contribution >= 4 is 17.0 Å². The van der Waals surface area contributed by atoms with E-state index in [2.05, 4.69) is 15.2 Å². The van der Waals surface area contributed by atoms with Crippen LogP contribution in [0.15, 0.2) is 42.1 Å². The highest BCUT2D eigenvalue weighted by Gasteiger charge is 2.22. The molecule has 0 spiro atoms. The molecule has 6 nitrogen and oxygen atoms in total. The standard InChI is InChI=1S/C16H15N5OS/c1-22-20-13-5-2-6-14-15(13)19-16(23-14)11-8-18-21(10-11)12-4-3-7-17-9-12/h3-4,7-10H,2,5-6H2,1H3/b20-13+. The van der Waals surface area contributed by atoms with Crippen molar-refractivity contribution in [3.63, 3.8) is 0 Å². The minimum Gasteiger partial charge on any atom is -0.399 e. The zero-order chi connectivity index (χ0) is 15.6. The van der Waals surface area contributed by atoms with Crippen molar-refractivity contribution in [3.8, 4) is 16.3 Å². The average Bonchev–Trinajstić information content (AvgIpc) is 3.23. The summed E-state index contributed by atoms with van der Waals surface area (Å²) in [5.74, 6) is 0. The third-order valence-electron chi connectivity index (χ3n) is 3.73. The second-order valence-corrected chi connectivity index (χ2v) is 6.33. The van der Waals surface area contributed by atoms with Crippen LogP contribution in [-0.4, -0.2) is 32.6 Å². The number of aromatic nitrogens is 4. The van der Waals surface area contributed by atoms with E-state index in [1.165, 1.54) is 4.88 Å². The number of nitrogens with zero attached hydrogens (tertiary/aromatic N) is 5. The van der Waals surface area contributed by atoms with Gasteiger partial charge in [-0.2, -0.15) is 5.10 Å². The van der Waals surface area contributed by atoms with Gasteiger partial charge in [-0.1, -0.05) is 5.16 Å². The highest BCUT2D eigenvalue weighted by atomic mass is 32.1. The predicted molar refractivity (Wildman–Crippen MR) is 89.0 cm³/mol. The molecule has 4 rings (SSSR count). The van der Waals surface area contributed by atoms with Crippen molar-refractivity contribution < 1.29 is 4.84 Å². The third kappa shape index (κ3) is 2.63. The van der Waals surface area contributed by atoms with Gasteiger partial charge in [-0.15, -0.1) is 11.3 Å². The number of thiazole rings is 1. The predicted octanol–water partition coefficient (Wildman–Crippen LogP) is 3.08. The van der Waals surface area contributed by atoms with Crippen molar-refractivity contribution in [2.24, 2.45) is 5.16 Å². The number of hydrogen-bond donors (Lipinski definition) is 0. The number of hydrogen-bond acceptors (Lipinski definition) is 6. The summed E-state index contributed by atoms with van der Waals surface area (Å²) in [6.45, 7) is 0. The first-order valence-electron chi connectivity index (χ1n) is 7.40. The van der Waals surface area contributed by atoms with Gasteiger partial charge in [-0.05, 0) is 31.4 Å². The van der Waals surface area contributed by atoms with E-state index in [4.69, 9.17) is 9.82 Å². The summed E-state index contributed by atoms with van der Waals surface area (Å²) in [5, 5.41) is 9.50. The largest absolute Gasteiger partial charge is 0.399 e. The van der Waals surface area contributed by atoms with Gasteiger partial charge in [0.05, 0.1) is 18.1 Å². The molecule has 0 unspecified atom stereocenters. The maximum absolute atomic E-state index is 4.94. The Labute approximate surface area is 137 Å². The lowest BCUT2D eigenvalue weighted by atomic mass is 10.0. The first-order valence-corrected chi connectivity index (χ1v) is 8.22. The van der Waals surface area contributed by atoms with E-state index in [0.717, 1.165) is 46.9 Å². The van der Waals surface area contributed by atoms with Crippen LogP contribution in [0.25, 0.3) is 16.3 Å². The number of rotatable bonds is 3. The summed E-state index contributed by atoms with van der Waals surface area (Å²) in [7, 11) is 1.58. The second kappa shape index (κ2) is 5.92. The van der Waals surface area contributed by atoms with Gasteiger partial charge >= 0.3 is 0 Å². The molecule has 3 heterocycles. The second-order valence-electron chi connectivity index (χ2n) is 5.25. The van der Waals surface area contributed by atoms with Crippen LogP contribution >= 0.6 is 11.3 Å². The lowest BCUT2D eigenvalue weighted by Crippen LogP contribution is -2.10. The molecule has 0 atom stereocenters. The fraction of sp³-hybridized carbons (Fsp3) is 0.250. The molecule has 0 aliphatic heterocycles. The highest BCUT2D eigenvalue weighted by Crippen LogP contribution is 2.33. The van der Waals surface area contributed by atoms with Crippen molar-refractivity contribution in [3.05, 3.63) is 47.5 Å². The van der Waals surface area contributed by atoms with Gasteiger partial charge < -0.3 is 4.84 Å². The minimum absolute atomic E-state index is 0.916. The van der Waals surface area contributed by atoms with Gasteiger partial charge in [0.1, 0.15) is 23.5 Å². The Balaban J connectivity index is 1.70. The molecule has 116 valence electrons. The van der Waals surface area contributed by atoms with Crippen LogP contribution in [-0.2, 0) is 11.3 Å². The molecule has 0 radical (unpaired) electrons. The molecule has 1 aliphatic rings. The molecule has 0 saturated heterocycles. The van der Waals surface area contributed by atoms with Gasteiger partial charge in [0.15, 0.2) is 0 Å². The molecular formula is C16H15N5OS. The van der Waals surface area contributed by atoms with E-state index in [9.17, 15) is 0 Å². The third-order valence-corrected chi connectivity index (χ3v) is 4.89. The van der Waals surface area contributed by atoms with E-state index in [1.807, 2.05) is 29.2 Å². The summed E-state index contributed by atoms with van der Waals surface area (Å²) >= 11 is 1.71. The number of aryl methyl sites for hydroxylation is 1. The Morgan fingerprint density at radius 2 is 2.26 bits per heavy atom. The summed E-state index contributed by atoms with van der Waals surface area (Å²) in [6, 6.07) is 3.87. The van der Waals surface area contributed by atoms with Crippen molar-refractivity contribution in [2.75, 3.05) is 7.11 Å². The fourth-order valence-electron chi connectivity index (χ4n) is 2.67. The van der Waals surface area contributed by atoms with Gasteiger partial charge in [0, 0.05) is 22.8 Å². The van der Waals surface area contributed by atoms with Crippen LogP contribution in [0.1, 0.15) is 23.4 Å². The van der Waals surface area contributed by atoms with Gasteiger partial charge in [-0.3, -0.25) is 4.98 Å². The quantitative estimate of drug-likeness (QED) is 0.694. The van der Waals surface area contributed by atoms with Crippen LogP contribution < -0.4 is 0 Å². The number of pyridine rings is 1. The first kappa shape index (κ1) is 14.1. The molecule has 3 aromatic heterocycles. The fourth-order valence-corrected chi connectivity index (χ4v) is 3.77. The molecular weight excluding hydrogens is 310 g/mol. The SMILES string of the molecule is CO/N=C1\CCCc2sc(-c3cnn(-c4cccnc4)c3)nc21. The Hall–Kier alpha value is -2.54. The zero-order valence-corrected chi connectivity index (χ0v) is 13.5. The van der Waals surface area contributed by atoms with Gasteiger partial charge in [0.25, 0.3) is 0 Å². The molecule has 0 bridgehead atoms. The molecule has 0 saturated carbocycles. The van der Waals surface area contributed by atoms with Crippen LogP contribution in [0.3, 0.4) is 0 Å². The summed E-state index contributed by atoms with van der Waals surface area (Å²) in [5.41, 5.74) is 3.86. The lowest BCUT2D eigenvalue weighted by molar-refractivity contribution is 0.212. The molecule has 0 N–H and O–H groups in total. The summed E-state index contributed by atoms with van der Waals surface area (Å²) < 4.78 is 1.81. The Morgan fingerprint density at radius 3 is 3.09 bits per heavy atom. The number of fused-ring (bicyclic) bond motifs is 1. The molecule has 0 fully saturated rings. The summed E-state index contributed by atoms with van der Waals surface area (Å²) in [4.78, 5) is 15.1. The van der Waals surface area contributed by atoms with Gasteiger partial charge in [-0.25, -0.2) is 9.67 Å². The molecule has 1 aliphatic carbocycles. The maximum Gasteiger partial charge on any atom is 0.127 e. The monoisotopic (exact) mass is 325 g/mol. The normalized spacial score (nSPS) is 15.6. The van der Waals surface area contributed by atoms with E-state index in [1.54, 1.807) is 30.8 Å². The minimum atomic E-state index is 0.916. The van der Waals surface area contributed by atoms with Gasteiger partial charge in [0.2, 0.25) is 0 Å². The van der Waals surface area contributed by atoms with E-state index < -0.39 is 0 Å². The van der Waals surface area contributed by atoms with Crippen LogP contribution in [0, 0.1) is 0 Å². The van der Waals surface area contributed by atoms with Crippen LogP contribution in [0.4, 0.5) is 0 Å². The van der Waals surface area contributed by atoms with Crippen LogP contribution in [0.2, 0.25) is 0 Å². The van der Waals surface area contributed by atoms with E-state index in [0.29, 0.717) is 0 Å². The molecule has 0 aromatic carbocycles. The van der Waals surface area contributed by atoms with Crippen molar-refractivity contribution in [2.45, 2.75) is 19.3 Å². The smallest absolute Gasteiger partial charge is 0.127 e. The van der Waals surface area contributed by atoms with Crippen molar-refractivity contribution in [1.29, 1.82) is 0 Å². The summed E-state index contributed by atoms with van der Waals surface area (Å²) in [6.07, 6.45) is 10.4. The van der Waals surface area contributed by atoms with E-state index >= 15 is 0 Å². The Kier molecular flexibility index (Phi) is 3.63. The maximum atomic E-state index is 4.94. The highest BCUT2D eigenvalue weighted by molar-refractivity contribution is 7.15. The molecule has 0 amide bonds. The number of oxime groups is 1. The molecule has 3 aromatic rings. The average molecular weight is 325 g/mol. The lowest BCUT2D eigenvalue weighted by Gasteiger charge is -2.10. The zero-order valence-electron chi connectivity index (χ0n) is 12.6. The first-order chi connectivity index (χ1) is 11.3. The van der Waals surface area contributed by atoms with E-state index in [-0.39, 0.29) is 0 Å². The Bertz CT molecular complexity index is 852. The Morgan fingerprint density at radius 1 is 1.30 bits per heavy atom. The van der Waals surface area contributed by atoms with Crippen LogP contribution in [0.5, 0.6) is 0 Å². The molecule has 23 heavy (non-hydrogen) atoms.